The number of carbonyl (C=O) groups excluding carboxylic acids is 1. The summed E-state index contributed by atoms with van der Waals surface area (Å²) in [6.45, 7) is 4.03. The van der Waals surface area contributed by atoms with Crippen LogP contribution in [-0.4, -0.2) is 22.7 Å². The van der Waals surface area contributed by atoms with Crippen LogP contribution in [0, 0.1) is 11.3 Å². The lowest BCUT2D eigenvalue weighted by Gasteiger charge is -2.07. The maximum atomic E-state index is 12.5. The van der Waals surface area contributed by atoms with E-state index >= 15 is 0 Å². The summed E-state index contributed by atoms with van der Waals surface area (Å²) in [7, 11) is 0. The van der Waals surface area contributed by atoms with Crippen molar-refractivity contribution in [3.05, 3.63) is 64.3 Å². The number of phenols is 1. The third-order valence-electron chi connectivity index (χ3n) is 4.40. The fraction of sp³-hybridized carbons (Fsp3) is 0.238. The van der Waals surface area contributed by atoms with E-state index < -0.39 is 5.97 Å². The van der Waals surface area contributed by atoms with Gasteiger partial charge in [-0.15, -0.1) is 0 Å². The maximum absolute atomic E-state index is 12.5. The number of aromatic hydroxyl groups is 1. The third kappa shape index (κ3) is 3.27. The number of H-pyrrole nitrogens is 1. The minimum Gasteiger partial charge on any atom is -0.508 e. The van der Waals surface area contributed by atoms with E-state index in [0.29, 0.717) is 23.2 Å². The second-order valence-electron chi connectivity index (χ2n) is 6.06. The van der Waals surface area contributed by atoms with Gasteiger partial charge >= 0.3 is 5.97 Å². The van der Waals surface area contributed by atoms with E-state index in [2.05, 4.69) is 11.1 Å². The van der Waals surface area contributed by atoms with E-state index in [1.807, 2.05) is 19.1 Å². The molecule has 0 atom stereocenters. The Morgan fingerprint density at radius 1 is 1.23 bits per heavy atom. The van der Waals surface area contributed by atoms with Crippen LogP contribution < -0.4 is 0 Å². The fourth-order valence-electron chi connectivity index (χ4n) is 3.11. The number of esters is 1. The molecular weight excluding hydrogens is 328 g/mol. The Morgan fingerprint density at radius 2 is 2.04 bits per heavy atom. The molecule has 0 spiro atoms. The fourth-order valence-corrected chi connectivity index (χ4v) is 3.11. The summed E-state index contributed by atoms with van der Waals surface area (Å²) < 4.78 is 5.22. The van der Waals surface area contributed by atoms with E-state index in [1.54, 1.807) is 31.2 Å². The molecule has 2 aromatic carbocycles. The Bertz CT molecular complexity index is 1010. The van der Waals surface area contributed by atoms with Gasteiger partial charge in [0.15, 0.2) is 0 Å². The van der Waals surface area contributed by atoms with Crippen LogP contribution in [0.2, 0.25) is 0 Å². The molecule has 1 aromatic heterocycles. The Labute approximate surface area is 151 Å². The number of ether oxygens (including phenoxy) is 1. The lowest BCUT2D eigenvalue weighted by atomic mass is 10.0. The summed E-state index contributed by atoms with van der Waals surface area (Å²) in [6, 6.07) is 12.8. The molecule has 0 fully saturated rings. The summed E-state index contributed by atoms with van der Waals surface area (Å²) >= 11 is 0. The zero-order valence-corrected chi connectivity index (χ0v) is 14.8. The number of fused-ring (bicyclic) bond motifs is 1. The molecule has 0 saturated carbocycles. The van der Waals surface area contributed by atoms with Crippen LogP contribution in [0.5, 0.6) is 5.75 Å². The number of carbonyl (C=O) groups is 1. The molecule has 1 heterocycles. The standard InChI is InChI=1S/C21H20N2O3/c1-3-15-7-5-13(11-19(15)24)9-18-20(21(25)26-4-2)16-8-6-14(12-22)10-17(16)23-18/h5-8,10-11,23-24H,3-4,9H2,1-2H3. The lowest BCUT2D eigenvalue weighted by Crippen LogP contribution is -2.07. The van der Waals surface area contributed by atoms with Crippen molar-refractivity contribution in [3.8, 4) is 11.8 Å². The number of aromatic amines is 1. The minimum absolute atomic E-state index is 0.255. The number of rotatable bonds is 5. The summed E-state index contributed by atoms with van der Waals surface area (Å²) in [5.74, 6) is -0.140. The molecule has 3 aromatic rings. The first-order valence-corrected chi connectivity index (χ1v) is 8.60. The van der Waals surface area contributed by atoms with Crippen LogP contribution in [-0.2, 0) is 17.6 Å². The number of aromatic nitrogens is 1. The average molecular weight is 348 g/mol. The van der Waals surface area contributed by atoms with Gasteiger partial charge < -0.3 is 14.8 Å². The van der Waals surface area contributed by atoms with E-state index in [-0.39, 0.29) is 12.4 Å². The molecule has 0 radical (unpaired) electrons. The largest absolute Gasteiger partial charge is 0.508 e. The topological polar surface area (TPSA) is 86.1 Å². The van der Waals surface area contributed by atoms with Gasteiger partial charge in [-0.2, -0.15) is 5.26 Å². The van der Waals surface area contributed by atoms with E-state index in [4.69, 9.17) is 10.00 Å². The van der Waals surface area contributed by atoms with Crippen LogP contribution in [0.4, 0.5) is 0 Å². The monoisotopic (exact) mass is 348 g/mol. The maximum Gasteiger partial charge on any atom is 0.340 e. The summed E-state index contributed by atoms with van der Waals surface area (Å²) in [6.07, 6.45) is 1.20. The lowest BCUT2D eigenvalue weighted by molar-refractivity contribution is 0.0527. The predicted molar refractivity (Wildman–Crippen MR) is 99.3 cm³/mol. The Hall–Kier alpha value is -3.26. The number of hydrogen-bond acceptors (Lipinski definition) is 4. The number of phenolic OH excluding ortho intramolecular Hbond substituents is 1. The van der Waals surface area contributed by atoms with Crippen LogP contribution >= 0.6 is 0 Å². The van der Waals surface area contributed by atoms with Crippen molar-refractivity contribution in [2.24, 2.45) is 0 Å². The Morgan fingerprint density at radius 3 is 2.69 bits per heavy atom. The normalized spacial score (nSPS) is 10.7. The van der Waals surface area contributed by atoms with Crippen LogP contribution in [0.15, 0.2) is 36.4 Å². The highest BCUT2D eigenvalue weighted by molar-refractivity contribution is 6.06. The number of aryl methyl sites for hydroxylation is 1. The summed E-state index contributed by atoms with van der Waals surface area (Å²) in [4.78, 5) is 15.7. The molecule has 0 aliphatic heterocycles. The van der Waals surface area contributed by atoms with Crippen molar-refractivity contribution in [1.82, 2.24) is 4.98 Å². The highest BCUT2D eigenvalue weighted by atomic mass is 16.5. The first-order valence-electron chi connectivity index (χ1n) is 8.60. The zero-order chi connectivity index (χ0) is 18.7. The molecule has 0 saturated heterocycles. The van der Waals surface area contributed by atoms with E-state index in [0.717, 1.165) is 28.5 Å². The van der Waals surface area contributed by atoms with Gasteiger partial charge in [-0.3, -0.25) is 0 Å². The molecule has 3 rings (SSSR count). The first-order chi connectivity index (χ1) is 12.6. The highest BCUT2D eigenvalue weighted by Crippen LogP contribution is 2.28. The van der Waals surface area contributed by atoms with Crippen LogP contribution in [0.25, 0.3) is 10.9 Å². The van der Waals surface area contributed by atoms with Gasteiger partial charge in [-0.05, 0) is 42.7 Å². The smallest absolute Gasteiger partial charge is 0.340 e. The molecule has 0 aliphatic carbocycles. The first kappa shape index (κ1) is 17.6. The Kier molecular flexibility index (Phi) is 4.94. The zero-order valence-electron chi connectivity index (χ0n) is 14.8. The molecule has 0 unspecified atom stereocenters. The number of nitriles is 1. The number of nitrogens with zero attached hydrogens (tertiary/aromatic N) is 1. The van der Waals surface area contributed by atoms with Crippen LogP contribution in [0.3, 0.4) is 0 Å². The molecule has 132 valence electrons. The molecule has 26 heavy (non-hydrogen) atoms. The van der Waals surface area contributed by atoms with Crippen molar-refractivity contribution in [3.63, 3.8) is 0 Å². The average Bonchev–Trinajstić information content (AvgIpc) is 2.98. The van der Waals surface area contributed by atoms with Gasteiger partial charge in [-0.1, -0.05) is 25.1 Å². The van der Waals surface area contributed by atoms with Gasteiger partial charge in [-0.25, -0.2) is 4.79 Å². The molecule has 5 heteroatoms. The Balaban J connectivity index is 2.08. The van der Waals surface area contributed by atoms with Crippen molar-refractivity contribution < 1.29 is 14.6 Å². The summed E-state index contributed by atoms with van der Waals surface area (Å²) in [5.41, 5.74) is 4.19. The quantitative estimate of drug-likeness (QED) is 0.680. The highest BCUT2D eigenvalue weighted by Gasteiger charge is 2.20. The number of benzene rings is 2. The number of hydrogen-bond donors (Lipinski definition) is 2. The van der Waals surface area contributed by atoms with Crippen molar-refractivity contribution in [2.75, 3.05) is 6.61 Å². The molecule has 0 aliphatic rings. The van der Waals surface area contributed by atoms with E-state index in [9.17, 15) is 9.90 Å². The van der Waals surface area contributed by atoms with Crippen molar-refractivity contribution in [1.29, 1.82) is 5.26 Å². The number of nitrogens with one attached hydrogen (secondary N) is 1. The molecule has 0 bridgehead atoms. The minimum atomic E-state index is -0.396. The van der Waals surface area contributed by atoms with Crippen molar-refractivity contribution in [2.45, 2.75) is 26.7 Å². The third-order valence-corrected chi connectivity index (χ3v) is 4.40. The van der Waals surface area contributed by atoms with Crippen molar-refractivity contribution >= 4 is 16.9 Å². The molecule has 5 nitrogen and oxygen atoms in total. The molecular formula is C21H20N2O3. The SMILES string of the molecule is CCOC(=O)c1c(Cc2ccc(CC)c(O)c2)[nH]c2cc(C#N)ccc12. The second-order valence-corrected chi connectivity index (χ2v) is 6.06. The molecule has 0 amide bonds. The van der Waals surface area contributed by atoms with Gasteiger partial charge in [0.05, 0.1) is 23.8 Å². The second kappa shape index (κ2) is 7.32. The van der Waals surface area contributed by atoms with Gasteiger partial charge in [0, 0.05) is 23.0 Å². The van der Waals surface area contributed by atoms with Crippen LogP contribution in [0.1, 0.15) is 46.6 Å². The summed E-state index contributed by atoms with van der Waals surface area (Å²) in [5, 5.41) is 19.9. The van der Waals surface area contributed by atoms with E-state index in [1.165, 1.54) is 0 Å². The predicted octanol–water partition coefficient (Wildman–Crippen LogP) is 4.08. The van der Waals surface area contributed by atoms with Gasteiger partial charge in [0.2, 0.25) is 0 Å². The molecule has 2 N–H and O–H groups in total. The van der Waals surface area contributed by atoms with Gasteiger partial charge in [0.25, 0.3) is 0 Å². The van der Waals surface area contributed by atoms with Gasteiger partial charge in [0.1, 0.15) is 5.75 Å².